The predicted octanol–water partition coefficient (Wildman–Crippen LogP) is 2.18. The average molecular weight is 343 g/mol. The van der Waals surface area contributed by atoms with Crippen molar-refractivity contribution in [1.29, 1.82) is 0 Å². The van der Waals surface area contributed by atoms with Gasteiger partial charge in [-0.2, -0.15) is 5.10 Å². The average Bonchev–Trinajstić information content (AvgIpc) is 3.05. The maximum absolute atomic E-state index is 12.7. The second-order valence-corrected chi connectivity index (χ2v) is 5.68. The Labute approximate surface area is 145 Å². The molecule has 0 atom stereocenters. The molecule has 2 aromatic rings. The third-order valence-electron chi connectivity index (χ3n) is 4.10. The van der Waals surface area contributed by atoms with Gasteiger partial charge < -0.3 is 14.4 Å². The molecule has 1 amide bonds. The van der Waals surface area contributed by atoms with E-state index in [1.54, 1.807) is 36.1 Å². The lowest BCUT2D eigenvalue weighted by Gasteiger charge is -2.27. The SMILES string of the molecule is CCOC(=O)c1n[nH]c2c1CN(C(=O)c1ccc(OCC)cc1)CC2. The number of hydrogen-bond acceptors (Lipinski definition) is 5. The molecule has 25 heavy (non-hydrogen) atoms. The van der Waals surface area contributed by atoms with E-state index in [-0.39, 0.29) is 18.2 Å². The summed E-state index contributed by atoms with van der Waals surface area (Å²) in [4.78, 5) is 26.5. The Morgan fingerprint density at radius 3 is 2.64 bits per heavy atom. The van der Waals surface area contributed by atoms with Gasteiger partial charge in [0.05, 0.1) is 19.8 Å². The highest BCUT2D eigenvalue weighted by Gasteiger charge is 2.28. The Morgan fingerprint density at radius 2 is 1.96 bits per heavy atom. The number of hydrogen-bond donors (Lipinski definition) is 1. The molecule has 3 rings (SSSR count). The van der Waals surface area contributed by atoms with Crippen molar-refractivity contribution >= 4 is 11.9 Å². The first-order chi connectivity index (χ1) is 12.1. The van der Waals surface area contributed by atoms with Crippen molar-refractivity contribution in [1.82, 2.24) is 15.1 Å². The fourth-order valence-corrected chi connectivity index (χ4v) is 2.88. The molecule has 1 aliphatic rings. The van der Waals surface area contributed by atoms with E-state index in [4.69, 9.17) is 9.47 Å². The van der Waals surface area contributed by atoms with Gasteiger partial charge in [-0.3, -0.25) is 9.89 Å². The summed E-state index contributed by atoms with van der Waals surface area (Å²) in [6.07, 6.45) is 0.629. The van der Waals surface area contributed by atoms with Crippen LogP contribution < -0.4 is 4.74 Å². The van der Waals surface area contributed by atoms with Crippen LogP contribution in [0.4, 0.5) is 0 Å². The highest BCUT2D eigenvalue weighted by molar-refractivity contribution is 5.95. The second-order valence-electron chi connectivity index (χ2n) is 5.68. The highest BCUT2D eigenvalue weighted by atomic mass is 16.5. The first-order valence-corrected chi connectivity index (χ1v) is 8.39. The van der Waals surface area contributed by atoms with Crippen molar-refractivity contribution in [3.05, 3.63) is 46.8 Å². The Morgan fingerprint density at radius 1 is 1.20 bits per heavy atom. The molecule has 1 aromatic heterocycles. The number of H-pyrrole nitrogens is 1. The summed E-state index contributed by atoms with van der Waals surface area (Å²) in [5, 5.41) is 6.94. The lowest BCUT2D eigenvalue weighted by Crippen LogP contribution is -2.36. The topological polar surface area (TPSA) is 84.5 Å². The lowest BCUT2D eigenvalue weighted by molar-refractivity contribution is 0.0513. The van der Waals surface area contributed by atoms with E-state index >= 15 is 0 Å². The number of rotatable bonds is 5. The molecule has 0 bridgehead atoms. The molecule has 0 fully saturated rings. The molecule has 1 aromatic carbocycles. The number of carbonyl (C=O) groups excluding carboxylic acids is 2. The molecular formula is C18H21N3O4. The number of amides is 1. The van der Waals surface area contributed by atoms with Gasteiger partial charge in [0.2, 0.25) is 0 Å². The zero-order valence-electron chi connectivity index (χ0n) is 14.4. The Hall–Kier alpha value is -2.83. The van der Waals surface area contributed by atoms with Gasteiger partial charge in [-0.15, -0.1) is 0 Å². The molecule has 0 radical (unpaired) electrons. The first kappa shape index (κ1) is 17.0. The summed E-state index contributed by atoms with van der Waals surface area (Å²) in [7, 11) is 0. The van der Waals surface area contributed by atoms with Crippen LogP contribution in [0.25, 0.3) is 0 Å². The van der Waals surface area contributed by atoms with Crippen LogP contribution in [0, 0.1) is 0 Å². The molecule has 0 aliphatic carbocycles. The molecular weight excluding hydrogens is 322 g/mol. The molecule has 0 saturated carbocycles. The maximum Gasteiger partial charge on any atom is 0.359 e. The normalized spacial score (nSPS) is 13.3. The number of fused-ring (bicyclic) bond motifs is 1. The summed E-state index contributed by atoms with van der Waals surface area (Å²) in [5.74, 6) is 0.194. The molecule has 0 unspecified atom stereocenters. The van der Waals surface area contributed by atoms with Crippen LogP contribution in [-0.2, 0) is 17.7 Å². The second kappa shape index (κ2) is 7.38. The maximum atomic E-state index is 12.7. The van der Waals surface area contributed by atoms with Gasteiger partial charge in [0.25, 0.3) is 5.91 Å². The fraction of sp³-hybridized carbons (Fsp3) is 0.389. The van der Waals surface area contributed by atoms with Gasteiger partial charge in [0, 0.05) is 29.8 Å². The number of aromatic nitrogens is 2. The molecule has 132 valence electrons. The van der Waals surface area contributed by atoms with Crippen LogP contribution in [0.3, 0.4) is 0 Å². The monoisotopic (exact) mass is 343 g/mol. The number of ether oxygens (including phenoxy) is 2. The van der Waals surface area contributed by atoms with Gasteiger partial charge in [0.15, 0.2) is 5.69 Å². The lowest BCUT2D eigenvalue weighted by atomic mass is 10.0. The smallest absolute Gasteiger partial charge is 0.359 e. The largest absolute Gasteiger partial charge is 0.494 e. The van der Waals surface area contributed by atoms with E-state index in [0.29, 0.717) is 31.7 Å². The number of carbonyl (C=O) groups is 2. The summed E-state index contributed by atoms with van der Waals surface area (Å²) >= 11 is 0. The van der Waals surface area contributed by atoms with Crippen molar-refractivity contribution < 1.29 is 19.1 Å². The van der Waals surface area contributed by atoms with Gasteiger partial charge >= 0.3 is 5.97 Å². The summed E-state index contributed by atoms with van der Waals surface area (Å²) in [6.45, 7) is 5.44. The Kier molecular flexibility index (Phi) is 5.02. The van der Waals surface area contributed by atoms with E-state index in [1.807, 2.05) is 6.92 Å². The molecule has 2 heterocycles. The zero-order chi connectivity index (χ0) is 17.8. The Balaban J connectivity index is 1.76. The number of aromatic amines is 1. The van der Waals surface area contributed by atoms with E-state index in [9.17, 15) is 9.59 Å². The minimum absolute atomic E-state index is 0.0790. The van der Waals surface area contributed by atoms with Crippen molar-refractivity contribution in [3.8, 4) is 5.75 Å². The van der Waals surface area contributed by atoms with Crippen molar-refractivity contribution in [3.63, 3.8) is 0 Å². The third-order valence-corrected chi connectivity index (χ3v) is 4.10. The first-order valence-electron chi connectivity index (χ1n) is 8.39. The van der Waals surface area contributed by atoms with Crippen molar-refractivity contribution in [2.75, 3.05) is 19.8 Å². The minimum atomic E-state index is -0.463. The quantitative estimate of drug-likeness (QED) is 0.841. The molecule has 7 heteroatoms. The predicted molar refractivity (Wildman–Crippen MR) is 90.6 cm³/mol. The summed E-state index contributed by atoms with van der Waals surface area (Å²) in [6, 6.07) is 7.08. The van der Waals surface area contributed by atoms with Crippen LogP contribution in [0.15, 0.2) is 24.3 Å². The molecule has 1 N–H and O–H groups in total. The summed E-state index contributed by atoms with van der Waals surface area (Å²) < 4.78 is 10.4. The number of esters is 1. The van der Waals surface area contributed by atoms with Gasteiger partial charge in [-0.1, -0.05) is 0 Å². The van der Waals surface area contributed by atoms with E-state index < -0.39 is 5.97 Å². The molecule has 0 spiro atoms. The van der Waals surface area contributed by atoms with Gasteiger partial charge in [-0.05, 0) is 38.1 Å². The minimum Gasteiger partial charge on any atom is -0.494 e. The van der Waals surface area contributed by atoms with Gasteiger partial charge in [0.1, 0.15) is 5.75 Å². The van der Waals surface area contributed by atoms with E-state index in [1.165, 1.54) is 0 Å². The highest BCUT2D eigenvalue weighted by Crippen LogP contribution is 2.23. The molecule has 0 saturated heterocycles. The van der Waals surface area contributed by atoms with Crippen LogP contribution in [0.2, 0.25) is 0 Å². The Bertz CT molecular complexity index is 767. The van der Waals surface area contributed by atoms with Crippen LogP contribution in [-0.4, -0.2) is 46.7 Å². The van der Waals surface area contributed by atoms with E-state index in [0.717, 1.165) is 17.0 Å². The summed E-state index contributed by atoms with van der Waals surface area (Å²) in [5.41, 5.74) is 2.48. The zero-order valence-corrected chi connectivity index (χ0v) is 14.4. The molecule has 7 nitrogen and oxygen atoms in total. The van der Waals surface area contributed by atoms with Crippen molar-refractivity contribution in [2.45, 2.75) is 26.8 Å². The molecule has 1 aliphatic heterocycles. The number of benzene rings is 1. The number of nitrogens with zero attached hydrogens (tertiary/aromatic N) is 2. The van der Waals surface area contributed by atoms with Crippen LogP contribution in [0.5, 0.6) is 5.75 Å². The van der Waals surface area contributed by atoms with Crippen molar-refractivity contribution in [2.24, 2.45) is 0 Å². The van der Waals surface area contributed by atoms with Crippen LogP contribution in [0.1, 0.15) is 46.0 Å². The fourth-order valence-electron chi connectivity index (χ4n) is 2.88. The van der Waals surface area contributed by atoms with Crippen LogP contribution >= 0.6 is 0 Å². The van der Waals surface area contributed by atoms with Gasteiger partial charge in [-0.25, -0.2) is 4.79 Å². The van der Waals surface area contributed by atoms with E-state index in [2.05, 4.69) is 10.2 Å². The third kappa shape index (κ3) is 3.50. The number of nitrogens with one attached hydrogen (secondary N) is 1. The standard InChI is InChI=1S/C18H21N3O4/c1-3-24-13-7-5-12(6-8-13)17(22)21-10-9-15-14(11-21)16(20-19-15)18(23)25-4-2/h5-8H,3-4,9-11H2,1-2H3,(H,19,20).